The quantitative estimate of drug-likeness (QED) is 0.848. The number of tetrazole rings is 1. The molecule has 1 heterocycles. The average Bonchev–Trinajstić information content (AvgIpc) is 2.73. The largest absolute Gasteiger partial charge is 0.485 e. The van der Waals surface area contributed by atoms with E-state index in [0.717, 1.165) is 5.56 Å². The van der Waals surface area contributed by atoms with Gasteiger partial charge in [-0.05, 0) is 18.2 Å². The maximum atomic E-state index is 9.58. The van der Waals surface area contributed by atoms with Gasteiger partial charge in [0.05, 0.1) is 13.2 Å². The zero-order valence-corrected chi connectivity index (χ0v) is 9.74. The van der Waals surface area contributed by atoms with E-state index >= 15 is 0 Å². The third kappa shape index (κ3) is 2.79. The van der Waals surface area contributed by atoms with E-state index in [1.807, 2.05) is 18.2 Å². The topological polar surface area (TPSA) is 73.1 Å². The smallest absolute Gasteiger partial charge is 0.212 e. The van der Waals surface area contributed by atoms with Crippen LogP contribution in [0.2, 0.25) is 0 Å². The summed E-state index contributed by atoms with van der Waals surface area (Å²) in [5.74, 6) is 1.14. The third-order valence-electron chi connectivity index (χ3n) is 2.28. The molecule has 0 aliphatic rings. The highest BCUT2D eigenvalue weighted by Crippen LogP contribution is 2.24. The van der Waals surface area contributed by atoms with Gasteiger partial charge in [-0.3, -0.25) is 0 Å². The molecule has 0 amide bonds. The van der Waals surface area contributed by atoms with Crippen LogP contribution in [0.4, 0.5) is 0 Å². The van der Waals surface area contributed by atoms with Crippen LogP contribution in [0, 0.1) is 0 Å². The first-order valence-corrected chi connectivity index (χ1v) is 5.29. The van der Waals surface area contributed by atoms with E-state index in [2.05, 4.69) is 15.4 Å². The lowest BCUT2D eigenvalue weighted by molar-refractivity contribution is 0.189. The van der Waals surface area contributed by atoms with Gasteiger partial charge < -0.3 is 9.84 Å². The Bertz CT molecular complexity index is 496. The number of para-hydroxylation sites is 1. The van der Waals surface area contributed by atoms with Crippen LogP contribution in [-0.2, 0) is 13.7 Å². The van der Waals surface area contributed by atoms with Crippen molar-refractivity contribution in [2.75, 3.05) is 0 Å². The summed E-state index contributed by atoms with van der Waals surface area (Å²) in [7, 11) is 1.69. The first-order valence-electron chi connectivity index (χ1n) is 5.29. The van der Waals surface area contributed by atoms with E-state index in [0.29, 0.717) is 11.6 Å². The van der Waals surface area contributed by atoms with Crippen molar-refractivity contribution in [3.63, 3.8) is 0 Å². The van der Waals surface area contributed by atoms with Gasteiger partial charge >= 0.3 is 0 Å². The molecule has 0 unspecified atom stereocenters. The number of aryl methyl sites for hydroxylation is 1. The number of hydrogen-bond donors (Lipinski definition) is 1. The Labute approximate surface area is 98.8 Å². The molecule has 90 valence electrons. The molecule has 6 heteroatoms. The molecule has 2 aromatic rings. The molecule has 6 nitrogen and oxygen atoms in total. The standard InChI is InChI=1S/C11H14N4O2/c1-8(16)9-5-3-4-6-10(9)17-7-11-12-14-15(2)13-11/h3-6,8,16H,7H2,1-2H3/t8-/m0/s1. The highest BCUT2D eigenvalue weighted by Gasteiger charge is 2.09. The minimum Gasteiger partial charge on any atom is -0.485 e. The fourth-order valence-corrected chi connectivity index (χ4v) is 1.48. The van der Waals surface area contributed by atoms with E-state index in [1.54, 1.807) is 20.0 Å². The molecule has 1 N–H and O–H groups in total. The summed E-state index contributed by atoms with van der Waals surface area (Å²) in [6.45, 7) is 1.93. The van der Waals surface area contributed by atoms with E-state index in [1.165, 1.54) is 4.80 Å². The van der Waals surface area contributed by atoms with Crippen molar-refractivity contribution in [1.82, 2.24) is 20.2 Å². The van der Waals surface area contributed by atoms with E-state index < -0.39 is 6.10 Å². The van der Waals surface area contributed by atoms with Crippen molar-refractivity contribution in [2.45, 2.75) is 19.6 Å². The summed E-state index contributed by atoms with van der Waals surface area (Å²) in [6.07, 6.45) is -0.569. The van der Waals surface area contributed by atoms with Crippen molar-refractivity contribution < 1.29 is 9.84 Å². The Morgan fingerprint density at radius 1 is 1.41 bits per heavy atom. The first-order chi connectivity index (χ1) is 8.16. The van der Waals surface area contributed by atoms with Gasteiger partial charge in [0.15, 0.2) is 6.61 Å². The van der Waals surface area contributed by atoms with Crippen molar-refractivity contribution in [1.29, 1.82) is 0 Å². The predicted molar refractivity (Wildman–Crippen MR) is 60.2 cm³/mol. The summed E-state index contributed by atoms with van der Waals surface area (Å²) in [4.78, 5) is 1.37. The zero-order valence-electron chi connectivity index (χ0n) is 9.74. The maximum Gasteiger partial charge on any atom is 0.212 e. The summed E-state index contributed by atoms with van der Waals surface area (Å²) in [6, 6.07) is 7.34. The van der Waals surface area contributed by atoms with Gasteiger partial charge in [-0.25, -0.2) is 0 Å². The zero-order chi connectivity index (χ0) is 12.3. The number of ether oxygens (including phenoxy) is 1. The average molecular weight is 234 g/mol. The van der Waals surface area contributed by atoms with Crippen LogP contribution in [0.15, 0.2) is 24.3 Å². The van der Waals surface area contributed by atoms with Gasteiger partial charge in [0.2, 0.25) is 5.82 Å². The van der Waals surface area contributed by atoms with E-state index in [9.17, 15) is 5.11 Å². The predicted octanol–water partition coefficient (Wildman–Crippen LogP) is 0.842. The third-order valence-corrected chi connectivity index (χ3v) is 2.28. The lowest BCUT2D eigenvalue weighted by Crippen LogP contribution is -2.02. The minimum atomic E-state index is -0.569. The Morgan fingerprint density at radius 3 is 2.82 bits per heavy atom. The number of hydrogen-bond acceptors (Lipinski definition) is 5. The molecule has 0 spiro atoms. The molecule has 1 aromatic heterocycles. The molecule has 0 fully saturated rings. The Hall–Kier alpha value is -1.95. The molecule has 0 aliphatic carbocycles. The van der Waals surface area contributed by atoms with Crippen LogP contribution in [0.3, 0.4) is 0 Å². The van der Waals surface area contributed by atoms with Crippen molar-refractivity contribution in [3.05, 3.63) is 35.7 Å². The second-order valence-corrected chi connectivity index (χ2v) is 3.70. The summed E-state index contributed by atoms with van der Waals surface area (Å²) in [5, 5.41) is 21.1. The van der Waals surface area contributed by atoms with Gasteiger partial charge in [0.25, 0.3) is 0 Å². The molecule has 1 aromatic carbocycles. The fraction of sp³-hybridized carbons (Fsp3) is 0.364. The molecule has 0 bridgehead atoms. The molecule has 17 heavy (non-hydrogen) atoms. The Balaban J connectivity index is 2.08. The number of nitrogens with zero attached hydrogens (tertiary/aromatic N) is 4. The van der Waals surface area contributed by atoms with Crippen molar-refractivity contribution >= 4 is 0 Å². The van der Waals surface area contributed by atoms with Crippen LogP contribution in [0.1, 0.15) is 24.4 Å². The van der Waals surface area contributed by atoms with Gasteiger partial charge in [0.1, 0.15) is 5.75 Å². The fourth-order valence-electron chi connectivity index (χ4n) is 1.48. The van der Waals surface area contributed by atoms with Crippen LogP contribution in [0.5, 0.6) is 5.75 Å². The number of rotatable bonds is 4. The molecule has 0 saturated heterocycles. The van der Waals surface area contributed by atoms with Gasteiger partial charge in [0, 0.05) is 5.56 Å². The number of benzene rings is 1. The van der Waals surface area contributed by atoms with Crippen LogP contribution >= 0.6 is 0 Å². The van der Waals surface area contributed by atoms with Crippen molar-refractivity contribution in [3.8, 4) is 5.75 Å². The Kier molecular flexibility index (Phi) is 3.34. The van der Waals surface area contributed by atoms with Crippen LogP contribution in [0.25, 0.3) is 0 Å². The normalized spacial score (nSPS) is 12.4. The minimum absolute atomic E-state index is 0.234. The number of aliphatic hydroxyl groups is 1. The van der Waals surface area contributed by atoms with Crippen molar-refractivity contribution in [2.24, 2.45) is 7.05 Å². The molecular formula is C11H14N4O2. The SMILES string of the molecule is C[C@H](O)c1ccccc1OCc1nnn(C)n1. The lowest BCUT2D eigenvalue weighted by atomic mass is 10.1. The van der Waals surface area contributed by atoms with E-state index in [4.69, 9.17) is 4.74 Å². The maximum absolute atomic E-state index is 9.58. The number of aliphatic hydroxyl groups excluding tert-OH is 1. The highest BCUT2D eigenvalue weighted by atomic mass is 16.5. The molecule has 0 saturated carbocycles. The van der Waals surface area contributed by atoms with Gasteiger partial charge in [-0.1, -0.05) is 18.2 Å². The van der Waals surface area contributed by atoms with Gasteiger partial charge in [-0.15, -0.1) is 10.2 Å². The summed E-state index contributed by atoms with van der Waals surface area (Å²) < 4.78 is 5.56. The summed E-state index contributed by atoms with van der Waals surface area (Å²) >= 11 is 0. The molecule has 0 radical (unpaired) electrons. The molecule has 0 aliphatic heterocycles. The monoisotopic (exact) mass is 234 g/mol. The van der Waals surface area contributed by atoms with Crippen LogP contribution < -0.4 is 4.74 Å². The lowest BCUT2D eigenvalue weighted by Gasteiger charge is -2.11. The Morgan fingerprint density at radius 2 is 2.18 bits per heavy atom. The number of aromatic nitrogens is 4. The summed E-state index contributed by atoms with van der Waals surface area (Å²) in [5.41, 5.74) is 0.747. The second-order valence-electron chi connectivity index (χ2n) is 3.70. The van der Waals surface area contributed by atoms with Gasteiger partial charge in [-0.2, -0.15) is 4.80 Å². The molecule has 2 rings (SSSR count). The highest BCUT2D eigenvalue weighted by molar-refractivity contribution is 5.34. The molecule has 1 atom stereocenters. The molecular weight excluding hydrogens is 220 g/mol. The van der Waals surface area contributed by atoms with E-state index in [-0.39, 0.29) is 6.61 Å². The van der Waals surface area contributed by atoms with Crippen LogP contribution in [-0.4, -0.2) is 25.3 Å². The first kappa shape index (κ1) is 11.5. The second kappa shape index (κ2) is 4.92.